The number of fused-ring (bicyclic) bond motifs is 3. The van der Waals surface area contributed by atoms with Crippen molar-refractivity contribution in [1.29, 1.82) is 0 Å². The van der Waals surface area contributed by atoms with Crippen molar-refractivity contribution in [1.82, 2.24) is 9.55 Å². The Balaban J connectivity index is 0.00000420. The van der Waals surface area contributed by atoms with Gasteiger partial charge in [0.2, 0.25) is 0 Å². The summed E-state index contributed by atoms with van der Waals surface area (Å²) >= 11 is 0. The number of hydrogen-bond acceptors (Lipinski definition) is 4. The molecule has 0 saturated carbocycles. The van der Waals surface area contributed by atoms with Crippen LogP contribution in [0.25, 0.3) is 38.8 Å². The van der Waals surface area contributed by atoms with E-state index >= 15 is 0 Å². The Hall–Kier alpha value is -5.12. The zero-order valence-corrected chi connectivity index (χ0v) is 32.6. The van der Waals surface area contributed by atoms with Gasteiger partial charge in [0.25, 0.3) is 0 Å². The molecular formula is C46H41N4OPt-3. The Labute approximate surface area is 321 Å². The maximum atomic E-state index is 6.48. The summed E-state index contributed by atoms with van der Waals surface area (Å²) in [6.07, 6.45) is 5.99. The van der Waals surface area contributed by atoms with Gasteiger partial charge in [-0.05, 0) is 81.2 Å². The van der Waals surface area contributed by atoms with Crippen molar-refractivity contribution < 1.29 is 25.8 Å². The number of ether oxygens (including phenoxy) is 1. The normalized spacial score (nSPS) is 13.2. The fraction of sp³-hybridized carbons (Fsp3) is 0.174. The Morgan fingerprint density at radius 1 is 0.615 bits per heavy atom. The number of hydrogen-bond donors (Lipinski definition) is 0. The maximum absolute atomic E-state index is 6.48. The predicted molar refractivity (Wildman–Crippen MR) is 210 cm³/mol. The van der Waals surface area contributed by atoms with Gasteiger partial charge in [-0.1, -0.05) is 102 Å². The van der Waals surface area contributed by atoms with Gasteiger partial charge >= 0.3 is 0 Å². The summed E-state index contributed by atoms with van der Waals surface area (Å²) in [7, 11) is 0. The van der Waals surface area contributed by atoms with Crippen LogP contribution in [0.1, 0.15) is 52.7 Å². The number of aromatic nitrogens is 2. The van der Waals surface area contributed by atoms with Gasteiger partial charge in [-0.15, -0.1) is 48.1 Å². The summed E-state index contributed by atoms with van der Waals surface area (Å²) in [6, 6.07) is 47.2. The third-order valence-corrected chi connectivity index (χ3v) is 9.50. The second-order valence-electron chi connectivity index (χ2n) is 15.2. The molecule has 0 aliphatic carbocycles. The number of rotatable bonds is 6. The minimum absolute atomic E-state index is 0. The van der Waals surface area contributed by atoms with E-state index < -0.39 is 0 Å². The fourth-order valence-electron chi connectivity index (χ4n) is 6.59. The van der Waals surface area contributed by atoms with E-state index in [0.29, 0.717) is 11.5 Å². The second kappa shape index (κ2) is 13.8. The van der Waals surface area contributed by atoms with Gasteiger partial charge in [0.05, 0.1) is 0 Å². The van der Waals surface area contributed by atoms with Crippen LogP contribution in [-0.4, -0.2) is 9.55 Å². The molecule has 264 valence electrons. The molecule has 0 atom stereocenters. The minimum Gasteiger partial charge on any atom is -0.509 e. The molecule has 8 rings (SSSR count). The van der Waals surface area contributed by atoms with Crippen LogP contribution in [-0.2, 0) is 31.9 Å². The monoisotopic (exact) mass is 860 g/mol. The van der Waals surface area contributed by atoms with Crippen molar-refractivity contribution in [2.75, 3.05) is 9.80 Å². The number of pyridine rings is 1. The molecule has 7 aromatic rings. The minimum atomic E-state index is -0.0140. The molecular weight excluding hydrogens is 820 g/mol. The van der Waals surface area contributed by atoms with Crippen molar-refractivity contribution in [2.24, 2.45) is 0 Å². The predicted octanol–water partition coefficient (Wildman–Crippen LogP) is 11.7. The van der Waals surface area contributed by atoms with Gasteiger partial charge < -0.3 is 19.1 Å². The molecule has 6 heteroatoms. The third kappa shape index (κ3) is 6.90. The SMILES string of the molecule is CC(C)(C)c1ccnc(-n2c3[c-]c(Oc4[c-]c(N5C=CN(c6cccc(-c7ccccc7)c6)[CH-]5)ccc4)ccc3c3cc(C(C)(C)C)ccc32)c1.[Pt]. The van der Waals surface area contributed by atoms with Gasteiger partial charge in [-0.25, -0.2) is 4.98 Å². The molecule has 0 amide bonds. The maximum Gasteiger partial charge on any atom is 0.135 e. The standard InChI is InChI=1S/C46H41N4O.Pt/c1-45(2,3)34-18-21-42-41(27-34)40-20-19-39(30-43(40)50(42)44-28-35(22-23-47-44)46(4,5)6)51-38-17-11-16-37(29-38)49-25-24-48(31-49)36-15-10-14-33(26-36)32-12-8-7-9-13-32;/h7-28,31H,1-6H3;/q-3;. The molecule has 0 fully saturated rings. The molecule has 5 aromatic carbocycles. The third-order valence-electron chi connectivity index (χ3n) is 9.50. The average molecular weight is 861 g/mol. The van der Waals surface area contributed by atoms with Crippen LogP contribution in [0.2, 0.25) is 0 Å². The first-order valence-electron chi connectivity index (χ1n) is 17.4. The molecule has 0 spiro atoms. The van der Waals surface area contributed by atoms with Crippen LogP contribution in [0.3, 0.4) is 0 Å². The summed E-state index contributed by atoms with van der Waals surface area (Å²) in [5.74, 6) is 2.09. The Bertz CT molecular complexity index is 2420. The molecule has 0 N–H and O–H groups in total. The van der Waals surface area contributed by atoms with Crippen LogP contribution in [0.4, 0.5) is 11.4 Å². The van der Waals surface area contributed by atoms with E-state index in [9.17, 15) is 0 Å². The van der Waals surface area contributed by atoms with Gasteiger partial charge in [-0.3, -0.25) is 0 Å². The molecule has 52 heavy (non-hydrogen) atoms. The topological polar surface area (TPSA) is 33.5 Å². The van der Waals surface area contributed by atoms with Crippen molar-refractivity contribution in [3.05, 3.63) is 164 Å². The summed E-state index contributed by atoms with van der Waals surface area (Å²) in [4.78, 5) is 9.02. The van der Waals surface area contributed by atoms with Crippen LogP contribution in [0.5, 0.6) is 11.5 Å². The summed E-state index contributed by atoms with van der Waals surface area (Å²) in [5.41, 5.74) is 8.85. The fourth-order valence-corrected chi connectivity index (χ4v) is 6.59. The van der Waals surface area contributed by atoms with Crippen LogP contribution in [0.15, 0.2) is 134 Å². The van der Waals surface area contributed by atoms with E-state index in [0.717, 1.165) is 33.6 Å². The van der Waals surface area contributed by atoms with Gasteiger partial charge in [0.15, 0.2) is 0 Å². The quantitative estimate of drug-likeness (QED) is 0.156. The van der Waals surface area contributed by atoms with Crippen molar-refractivity contribution in [2.45, 2.75) is 52.4 Å². The molecule has 0 bridgehead atoms. The Morgan fingerprint density at radius 3 is 2.12 bits per heavy atom. The van der Waals surface area contributed by atoms with Crippen LogP contribution < -0.4 is 14.5 Å². The molecule has 0 saturated heterocycles. The Morgan fingerprint density at radius 2 is 1.33 bits per heavy atom. The van der Waals surface area contributed by atoms with E-state index in [-0.39, 0.29) is 31.9 Å². The molecule has 1 aliphatic rings. The molecule has 0 radical (unpaired) electrons. The van der Waals surface area contributed by atoms with Crippen molar-refractivity contribution in [3.8, 4) is 28.4 Å². The van der Waals surface area contributed by atoms with Crippen LogP contribution >= 0.6 is 0 Å². The number of anilines is 2. The number of benzene rings is 5. The molecule has 1 aliphatic heterocycles. The van der Waals surface area contributed by atoms with Crippen LogP contribution in [0, 0.1) is 18.8 Å². The average Bonchev–Trinajstić information content (AvgIpc) is 3.75. The second-order valence-corrected chi connectivity index (χ2v) is 15.2. The smallest absolute Gasteiger partial charge is 0.135 e. The van der Waals surface area contributed by atoms with E-state index in [1.807, 2.05) is 47.6 Å². The number of nitrogens with zero attached hydrogens (tertiary/aromatic N) is 4. The van der Waals surface area contributed by atoms with E-state index in [4.69, 9.17) is 9.72 Å². The van der Waals surface area contributed by atoms with Gasteiger partial charge in [0.1, 0.15) is 5.82 Å². The van der Waals surface area contributed by atoms with Gasteiger partial charge in [-0.2, -0.15) is 12.1 Å². The largest absolute Gasteiger partial charge is 0.509 e. The van der Waals surface area contributed by atoms with E-state index in [1.165, 1.54) is 27.6 Å². The first-order valence-corrected chi connectivity index (χ1v) is 17.4. The zero-order valence-electron chi connectivity index (χ0n) is 30.3. The summed E-state index contributed by atoms with van der Waals surface area (Å²) < 4.78 is 8.70. The molecule has 5 nitrogen and oxygen atoms in total. The zero-order chi connectivity index (χ0) is 35.3. The molecule has 0 unspecified atom stereocenters. The van der Waals surface area contributed by atoms with E-state index in [2.05, 4.69) is 161 Å². The summed E-state index contributed by atoms with van der Waals surface area (Å²) in [5, 5.41) is 2.28. The van der Waals surface area contributed by atoms with Crippen molar-refractivity contribution >= 4 is 33.2 Å². The van der Waals surface area contributed by atoms with E-state index in [1.54, 1.807) is 0 Å². The molecule has 3 heterocycles. The molecule has 2 aromatic heterocycles. The summed E-state index contributed by atoms with van der Waals surface area (Å²) in [6.45, 7) is 15.5. The first-order chi connectivity index (χ1) is 24.5. The Kier molecular flexibility index (Phi) is 9.35. The first kappa shape index (κ1) is 35.3. The van der Waals surface area contributed by atoms with Gasteiger partial charge in [0, 0.05) is 50.0 Å². The van der Waals surface area contributed by atoms with Crippen molar-refractivity contribution in [3.63, 3.8) is 0 Å².